The summed E-state index contributed by atoms with van der Waals surface area (Å²) in [6, 6.07) is 8.53. The van der Waals surface area contributed by atoms with Gasteiger partial charge in [0, 0.05) is 39.9 Å². The van der Waals surface area contributed by atoms with Crippen molar-refractivity contribution in [3.8, 4) is 0 Å². The Morgan fingerprint density at radius 1 is 1.23 bits per heavy atom. The minimum atomic E-state index is 0. The molecule has 0 atom stereocenters. The molecule has 0 unspecified atom stereocenters. The number of nitrogens with one attached hydrogen (secondary N) is 2. The Morgan fingerprint density at radius 3 is 2.64 bits per heavy atom. The van der Waals surface area contributed by atoms with Crippen LogP contribution in [0.2, 0.25) is 0 Å². The monoisotopic (exact) mass is 436 g/mol. The number of hydrogen-bond acceptors (Lipinski definition) is 3. The average molecular weight is 436 g/mol. The summed E-state index contributed by atoms with van der Waals surface area (Å²) in [5.41, 5.74) is 2.47. The van der Waals surface area contributed by atoms with Crippen LogP contribution in [0.3, 0.4) is 0 Å². The van der Waals surface area contributed by atoms with Gasteiger partial charge in [0.1, 0.15) is 0 Å². The Hall–Kier alpha value is -0.630. The Bertz CT molecular complexity index is 438. The summed E-state index contributed by atoms with van der Waals surface area (Å²) >= 11 is 1.90. The highest BCUT2D eigenvalue weighted by Gasteiger charge is 2.00. The van der Waals surface area contributed by atoms with Gasteiger partial charge in [0.2, 0.25) is 0 Å². The van der Waals surface area contributed by atoms with E-state index in [-0.39, 0.29) is 24.0 Å². The van der Waals surface area contributed by atoms with Gasteiger partial charge in [-0.3, -0.25) is 4.99 Å². The van der Waals surface area contributed by atoms with Crippen LogP contribution in [0.25, 0.3) is 0 Å². The van der Waals surface area contributed by atoms with Gasteiger partial charge < -0.3 is 15.5 Å². The molecule has 0 aliphatic rings. The first-order valence-electron chi connectivity index (χ1n) is 7.37. The molecule has 0 saturated heterocycles. The van der Waals surface area contributed by atoms with Crippen LogP contribution >= 0.6 is 35.7 Å². The van der Waals surface area contributed by atoms with Crippen molar-refractivity contribution in [3.05, 3.63) is 29.8 Å². The van der Waals surface area contributed by atoms with Crippen LogP contribution in [0.5, 0.6) is 0 Å². The number of guanidine groups is 1. The van der Waals surface area contributed by atoms with Gasteiger partial charge in [-0.05, 0) is 42.5 Å². The second-order valence-corrected chi connectivity index (χ2v) is 6.10. The van der Waals surface area contributed by atoms with Crippen LogP contribution in [0.1, 0.15) is 18.4 Å². The number of nitrogens with zero attached hydrogens (tertiary/aromatic N) is 2. The maximum atomic E-state index is 4.26. The van der Waals surface area contributed by atoms with Gasteiger partial charge >= 0.3 is 0 Å². The first-order valence-corrected chi connectivity index (χ1v) is 8.76. The summed E-state index contributed by atoms with van der Waals surface area (Å²) in [5, 5.41) is 6.71. The predicted molar refractivity (Wildman–Crippen MR) is 112 cm³/mol. The molecule has 0 bridgehead atoms. The van der Waals surface area contributed by atoms with E-state index < -0.39 is 0 Å². The van der Waals surface area contributed by atoms with Gasteiger partial charge in [-0.25, -0.2) is 0 Å². The standard InChI is InChI=1S/C16H28N4S.HI/c1-17-16(18-10-5-6-11-21-4)19-13-14-8-7-9-15(12-14)20(2)3;/h7-9,12H,5-6,10-11,13H2,1-4H3,(H2,17,18,19);1H. The minimum Gasteiger partial charge on any atom is -0.378 e. The summed E-state index contributed by atoms with van der Waals surface area (Å²) in [5.74, 6) is 2.10. The fourth-order valence-corrected chi connectivity index (χ4v) is 2.42. The van der Waals surface area contributed by atoms with E-state index in [9.17, 15) is 0 Å². The van der Waals surface area contributed by atoms with E-state index >= 15 is 0 Å². The molecule has 0 fully saturated rings. The Morgan fingerprint density at radius 2 is 2.00 bits per heavy atom. The van der Waals surface area contributed by atoms with Gasteiger partial charge in [0.15, 0.2) is 5.96 Å². The van der Waals surface area contributed by atoms with E-state index in [4.69, 9.17) is 0 Å². The zero-order valence-electron chi connectivity index (χ0n) is 14.1. The van der Waals surface area contributed by atoms with Crippen LogP contribution in [0, 0.1) is 0 Å². The van der Waals surface area contributed by atoms with Crippen LogP contribution in [-0.2, 0) is 6.54 Å². The van der Waals surface area contributed by atoms with E-state index in [1.54, 1.807) is 0 Å². The van der Waals surface area contributed by atoms with Crippen molar-refractivity contribution in [1.82, 2.24) is 10.6 Å². The van der Waals surface area contributed by atoms with Crippen molar-refractivity contribution in [1.29, 1.82) is 0 Å². The summed E-state index contributed by atoms with van der Waals surface area (Å²) in [6.45, 7) is 1.75. The molecule has 0 aliphatic carbocycles. The number of hydrogen-bond donors (Lipinski definition) is 2. The number of rotatable bonds is 8. The van der Waals surface area contributed by atoms with Crippen molar-refractivity contribution in [3.63, 3.8) is 0 Å². The molecule has 0 saturated carbocycles. The molecule has 1 rings (SSSR count). The van der Waals surface area contributed by atoms with E-state index in [1.165, 1.54) is 29.8 Å². The van der Waals surface area contributed by atoms with Crippen LogP contribution in [-0.4, -0.2) is 45.7 Å². The van der Waals surface area contributed by atoms with Crippen molar-refractivity contribution >= 4 is 47.4 Å². The molecule has 0 aliphatic heterocycles. The molecular formula is C16H29IN4S. The highest BCUT2D eigenvalue weighted by atomic mass is 127. The van der Waals surface area contributed by atoms with E-state index in [0.717, 1.165) is 19.0 Å². The topological polar surface area (TPSA) is 39.7 Å². The van der Waals surface area contributed by atoms with E-state index in [2.05, 4.69) is 65.1 Å². The Balaban J connectivity index is 0.00000441. The number of thioether (sulfide) groups is 1. The zero-order chi connectivity index (χ0) is 15.5. The van der Waals surface area contributed by atoms with Gasteiger partial charge in [0.25, 0.3) is 0 Å². The Labute approximate surface area is 156 Å². The number of benzene rings is 1. The lowest BCUT2D eigenvalue weighted by atomic mass is 10.2. The molecule has 1 aromatic carbocycles. The quantitative estimate of drug-likeness (QED) is 0.284. The molecular weight excluding hydrogens is 407 g/mol. The number of anilines is 1. The lowest BCUT2D eigenvalue weighted by Crippen LogP contribution is -2.37. The fourth-order valence-electron chi connectivity index (χ4n) is 1.93. The molecule has 1 aromatic rings. The number of halogens is 1. The molecule has 2 N–H and O–H groups in total. The van der Waals surface area contributed by atoms with Gasteiger partial charge in [0.05, 0.1) is 0 Å². The van der Waals surface area contributed by atoms with Crippen LogP contribution < -0.4 is 15.5 Å². The highest BCUT2D eigenvalue weighted by molar-refractivity contribution is 14.0. The summed E-state index contributed by atoms with van der Waals surface area (Å²) in [4.78, 5) is 6.37. The second kappa shape index (κ2) is 12.9. The first kappa shape index (κ1) is 21.4. The molecule has 4 nitrogen and oxygen atoms in total. The highest BCUT2D eigenvalue weighted by Crippen LogP contribution is 2.12. The van der Waals surface area contributed by atoms with Crippen LogP contribution in [0.4, 0.5) is 5.69 Å². The number of aliphatic imine (C=N–C) groups is 1. The Kier molecular flexibility index (Phi) is 12.5. The van der Waals surface area contributed by atoms with E-state index in [1.807, 2.05) is 18.8 Å². The summed E-state index contributed by atoms with van der Waals surface area (Å²) in [6.07, 6.45) is 4.57. The normalized spacial score (nSPS) is 10.8. The van der Waals surface area contributed by atoms with Gasteiger partial charge in [-0.2, -0.15) is 11.8 Å². The summed E-state index contributed by atoms with van der Waals surface area (Å²) < 4.78 is 0. The van der Waals surface area contributed by atoms with Crippen molar-refractivity contribution in [2.24, 2.45) is 4.99 Å². The van der Waals surface area contributed by atoms with E-state index in [0.29, 0.717) is 0 Å². The minimum absolute atomic E-state index is 0. The van der Waals surface area contributed by atoms with Crippen molar-refractivity contribution in [2.45, 2.75) is 19.4 Å². The predicted octanol–water partition coefficient (Wildman–Crippen LogP) is 3.18. The lowest BCUT2D eigenvalue weighted by Gasteiger charge is -2.15. The molecule has 0 spiro atoms. The average Bonchev–Trinajstić information content (AvgIpc) is 2.50. The van der Waals surface area contributed by atoms with Gasteiger partial charge in [-0.15, -0.1) is 24.0 Å². The zero-order valence-corrected chi connectivity index (χ0v) is 17.2. The van der Waals surface area contributed by atoms with Gasteiger partial charge in [-0.1, -0.05) is 12.1 Å². The maximum Gasteiger partial charge on any atom is 0.191 e. The first-order chi connectivity index (χ1) is 10.2. The molecule has 0 aromatic heterocycles. The third-order valence-corrected chi connectivity index (χ3v) is 3.88. The molecule has 0 heterocycles. The number of unbranched alkanes of at least 4 members (excludes halogenated alkanes) is 1. The third kappa shape index (κ3) is 8.73. The molecule has 0 amide bonds. The summed E-state index contributed by atoms with van der Waals surface area (Å²) in [7, 11) is 5.93. The van der Waals surface area contributed by atoms with Crippen molar-refractivity contribution < 1.29 is 0 Å². The second-order valence-electron chi connectivity index (χ2n) is 5.12. The van der Waals surface area contributed by atoms with Crippen LogP contribution in [0.15, 0.2) is 29.3 Å². The largest absolute Gasteiger partial charge is 0.378 e. The lowest BCUT2D eigenvalue weighted by molar-refractivity contribution is 0.733. The fraction of sp³-hybridized carbons (Fsp3) is 0.562. The molecule has 22 heavy (non-hydrogen) atoms. The molecule has 126 valence electrons. The SMILES string of the molecule is CN=C(NCCCCSC)NCc1cccc(N(C)C)c1.I. The molecule has 0 radical (unpaired) electrons. The smallest absolute Gasteiger partial charge is 0.191 e. The molecule has 6 heteroatoms. The third-order valence-electron chi connectivity index (χ3n) is 3.18. The van der Waals surface area contributed by atoms with Crippen molar-refractivity contribution in [2.75, 3.05) is 44.6 Å². The maximum absolute atomic E-state index is 4.26.